The topological polar surface area (TPSA) is 174 Å². The smallest absolute Gasteiger partial charge is 0.268 e. The fourth-order valence-corrected chi connectivity index (χ4v) is 8.22. The summed E-state index contributed by atoms with van der Waals surface area (Å²) in [7, 11) is -5.03. The van der Waals surface area contributed by atoms with E-state index in [-0.39, 0.29) is 18.4 Å². The molecule has 254 valence electrons. The van der Waals surface area contributed by atoms with Crippen LogP contribution in [0.4, 0.5) is 0 Å². The number of phosphoric ester groups is 1. The number of hydrogen-bond donors (Lipinski definition) is 0. The van der Waals surface area contributed by atoms with E-state index in [9.17, 15) is 29.6 Å². The summed E-state index contributed by atoms with van der Waals surface area (Å²) in [5.41, 5.74) is -0.256. The van der Waals surface area contributed by atoms with Gasteiger partial charge in [0, 0.05) is 37.1 Å². The highest BCUT2D eigenvalue weighted by Crippen LogP contribution is 2.52. The fourth-order valence-electron chi connectivity index (χ4n) is 7.21. The molecule has 4 heterocycles. The number of carbonyl (C=O) groups is 2. The molecule has 48 heavy (non-hydrogen) atoms. The third-order valence-corrected chi connectivity index (χ3v) is 10.4. The van der Waals surface area contributed by atoms with Gasteiger partial charge >= 0.3 is 0 Å². The molecule has 4 aliphatic rings. The van der Waals surface area contributed by atoms with E-state index in [0.717, 1.165) is 0 Å². The Bertz CT molecular complexity index is 1750. The van der Waals surface area contributed by atoms with Crippen molar-refractivity contribution in [2.24, 2.45) is 0 Å². The maximum Gasteiger partial charge on any atom is 0.268 e. The lowest BCUT2D eigenvalue weighted by atomic mass is 9.84. The lowest BCUT2D eigenvalue weighted by Crippen LogP contribution is -2.55. The second kappa shape index (κ2) is 12.8. The molecule has 14 heteroatoms. The standard InChI is InChI=1S/C34H39N4O9P/c1-33(2)31(29(37-13-5-7-27(37)39)23-17-21(19-35)9-11-25(23)45-33)43-15-16-44-48(41,42)47-32-30(38-14-6-8-28(38)40)24-18-22(20-36)10-12-26(24)46-34(32,3)4/h9-12,17-18,29-32H,5-8,13-16H2,1-4H3,(H,41,42)/p-1/t29-,30-,31+,32+/m1/s1. The molecule has 2 aromatic rings. The molecule has 4 aliphatic heterocycles. The van der Waals surface area contributed by atoms with Gasteiger partial charge in [-0.3, -0.25) is 14.2 Å². The summed E-state index contributed by atoms with van der Waals surface area (Å²) in [6.45, 7) is 7.32. The highest BCUT2D eigenvalue weighted by Gasteiger charge is 2.52. The van der Waals surface area contributed by atoms with Gasteiger partial charge in [0.1, 0.15) is 34.9 Å². The zero-order valence-electron chi connectivity index (χ0n) is 27.3. The van der Waals surface area contributed by atoms with E-state index in [1.54, 1.807) is 60.0 Å². The highest BCUT2D eigenvalue weighted by molar-refractivity contribution is 7.45. The molecule has 2 aromatic carbocycles. The number of nitrogens with zero attached hydrogens (tertiary/aromatic N) is 4. The summed E-state index contributed by atoms with van der Waals surface area (Å²) in [6, 6.07) is 12.7. The Morgan fingerprint density at radius 2 is 1.31 bits per heavy atom. The molecule has 6 rings (SSSR count). The molecule has 0 saturated carbocycles. The van der Waals surface area contributed by atoms with Gasteiger partial charge < -0.3 is 38.0 Å². The first-order valence-corrected chi connectivity index (χ1v) is 17.5. The molecule has 0 radical (unpaired) electrons. The van der Waals surface area contributed by atoms with Crippen molar-refractivity contribution in [2.45, 2.75) is 88.9 Å². The van der Waals surface area contributed by atoms with Crippen LogP contribution in [0.5, 0.6) is 11.5 Å². The van der Waals surface area contributed by atoms with Gasteiger partial charge in [-0.15, -0.1) is 0 Å². The largest absolute Gasteiger partial charge is 0.756 e. The molecule has 2 saturated heterocycles. The average molecular weight is 678 g/mol. The van der Waals surface area contributed by atoms with Crippen LogP contribution in [0.2, 0.25) is 0 Å². The van der Waals surface area contributed by atoms with Crippen LogP contribution in [0, 0.1) is 22.7 Å². The number of nitriles is 2. The zero-order valence-corrected chi connectivity index (χ0v) is 28.2. The normalized spacial score (nSPS) is 26.8. The quantitative estimate of drug-likeness (QED) is 0.277. The molecule has 2 amide bonds. The number of ether oxygens (including phenoxy) is 3. The van der Waals surface area contributed by atoms with Gasteiger partial charge in [-0.25, -0.2) is 0 Å². The first-order valence-electron chi connectivity index (χ1n) is 16.1. The van der Waals surface area contributed by atoms with E-state index < -0.39 is 49.9 Å². The molecule has 5 atom stereocenters. The van der Waals surface area contributed by atoms with Crippen molar-refractivity contribution in [1.29, 1.82) is 10.5 Å². The first-order chi connectivity index (χ1) is 22.7. The van der Waals surface area contributed by atoms with E-state index >= 15 is 0 Å². The van der Waals surface area contributed by atoms with Crippen LogP contribution in [0.3, 0.4) is 0 Å². The van der Waals surface area contributed by atoms with Crippen molar-refractivity contribution in [3.8, 4) is 23.6 Å². The van der Waals surface area contributed by atoms with Crippen molar-refractivity contribution in [3.63, 3.8) is 0 Å². The summed E-state index contributed by atoms with van der Waals surface area (Å²) >= 11 is 0. The summed E-state index contributed by atoms with van der Waals surface area (Å²) in [4.78, 5) is 42.6. The van der Waals surface area contributed by atoms with Crippen LogP contribution in [0.15, 0.2) is 36.4 Å². The van der Waals surface area contributed by atoms with Crippen molar-refractivity contribution in [3.05, 3.63) is 58.7 Å². The number of rotatable bonds is 9. The van der Waals surface area contributed by atoms with Crippen molar-refractivity contribution >= 4 is 19.6 Å². The molecule has 13 nitrogen and oxygen atoms in total. The zero-order chi connectivity index (χ0) is 34.4. The van der Waals surface area contributed by atoms with Crippen LogP contribution in [-0.2, 0) is 27.9 Å². The molecule has 2 fully saturated rings. The van der Waals surface area contributed by atoms with Gasteiger partial charge in [-0.2, -0.15) is 10.5 Å². The summed E-state index contributed by atoms with van der Waals surface area (Å²) in [6.07, 6.45) is 0.0852. The molecular formula is C34H38N4O9P-. The SMILES string of the molecule is CC1(C)Oc2ccc(C#N)cc2[C@@H](N2CCCC2=O)[C@@H]1OCCOP(=O)([O-])O[C@H]1[C@H](N2CCCC2=O)c2cc(C#N)ccc2OC1(C)C. The van der Waals surface area contributed by atoms with Crippen LogP contribution in [-0.4, -0.2) is 71.3 Å². The number of carbonyl (C=O) groups excluding carboxylic acids is 2. The maximum absolute atomic E-state index is 13.4. The average Bonchev–Trinajstić information content (AvgIpc) is 3.66. The maximum atomic E-state index is 13.4. The Kier molecular flexibility index (Phi) is 9.05. The molecule has 0 bridgehead atoms. The van der Waals surface area contributed by atoms with E-state index in [2.05, 4.69) is 12.1 Å². The van der Waals surface area contributed by atoms with E-state index in [0.29, 0.717) is 72.5 Å². The summed E-state index contributed by atoms with van der Waals surface area (Å²) < 4.78 is 43.2. The van der Waals surface area contributed by atoms with Gasteiger partial charge in [0.2, 0.25) is 11.8 Å². The predicted molar refractivity (Wildman–Crippen MR) is 167 cm³/mol. The molecule has 0 aliphatic carbocycles. The van der Waals surface area contributed by atoms with Crippen LogP contribution in [0.1, 0.15) is 87.7 Å². The molecule has 0 aromatic heterocycles. The summed E-state index contributed by atoms with van der Waals surface area (Å²) in [5.74, 6) is 0.788. The minimum Gasteiger partial charge on any atom is -0.756 e. The van der Waals surface area contributed by atoms with E-state index in [4.69, 9.17) is 23.3 Å². The lowest BCUT2D eigenvalue weighted by Gasteiger charge is -2.48. The number of amides is 2. The van der Waals surface area contributed by atoms with E-state index in [1.165, 1.54) is 0 Å². The second-order valence-electron chi connectivity index (χ2n) is 13.5. The number of likely N-dealkylation sites (tertiary alicyclic amines) is 2. The van der Waals surface area contributed by atoms with Gasteiger partial charge in [0.25, 0.3) is 7.82 Å². The Hall–Kier alpha value is -3.97. The first kappa shape index (κ1) is 33.9. The Morgan fingerprint density at radius 3 is 1.77 bits per heavy atom. The van der Waals surface area contributed by atoms with Crippen LogP contribution >= 0.6 is 7.82 Å². The van der Waals surface area contributed by atoms with Crippen LogP contribution in [0.25, 0.3) is 0 Å². The number of fused-ring (bicyclic) bond motifs is 2. The van der Waals surface area contributed by atoms with Gasteiger partial charge in [-0.05, 0) is 76.9 Å². The number of phosphoric acid groups is 1. The van der Waals surface area contributed by atoms with Gasteiger partial charge in [-0.1, -0.05) is 0 Å². The fraction of sp³-hybridized carbons (Fsp3) is 0.529. The van der Waals surface area contributed by atoms with Crippen molar-refractivity contribution in [1.82, 2.24) is 9.80 Å². The monoisotopic (exact) mass is 677 g/mol. The number of hydrogen-bond acceptors (Lipinski definition) is 11. The van der Waals surface area contributed by atoms with Crippen molar-refractivity contribution in [2.75, 3.05) is 26.3 Å². The van der Waals surface area contributed by atoms with E-state index in [1.807, 2.05) is 13.8 Å². The minimum atomic E-state index is -5.03. The van der Waals surface area contributed by atoms with Gasteiger partial charge in [0.05, 0.1) is 48.6 Å². The molecular weight excluding hydrogens is 639 g/mol. The number of benzene rings is 2. The third-order valence-electron chi connectivity index (χ3n) is 9.37. The van der Waals surface area contributed by atoms with Crippen molar-refractivity contribution < 1.29 is 42.3 Å². The van der Waals surface area contributed by atoms with Gasteiger partial charge in [0.15, 0.2) is 0 Å². The molecule has 0 spiro atoms. The Labute approximate surface area is 279 Å². The highest BCUT2D eigenvalue weighted by atomic mass is 31.2. The molecule has 0 N–H and O–H groups in total. The Balaban J connectivity index is 1.20. The lowest BCUT2D eigenvalue weighted by molar-refractivity contribution is -0.241. The summed E-state index contributed by atoms with van der Waals surface area (Å²) in [5, 5.41) is 19.1. The Morgan fingerprint density at radius 1 is 0.833 bits per heavy atom. The second-order valence-corrected chi connectivity index (χ2v) is 14.9. The third kappa shape index (κ3) is 6.41. The van der Waals surface area contributed by atoms with Crippen LogP contribution < -0.4 is 14.4 Å². The predicted octanol–water partition coefficient (Wildman–Crippen LogP) is 4.05. The minimum absolute atomic E-state index is 0.0415. The molecule has 1 unspecified atom stereocenters.